The van der Waals surface area contributed by atoms with Gasteiger partial charge in [-0.2, -0.15) is 16.4 Å². The first-order chi connectivity index (χ1) is 13.2. The smallest absolute Gasteiger partial charge is 0.274 e. The minimum atomic E-state index is -0.0395. The first-order valence-corrected chi connectivity index (χ1v) is 10.5. The number of amides is 2. The molecule has 4 rings (SSSR count). The van der Waals surface area contributed by atoms with Crippen molar-refractivity contribution in [3.05, 3.63) is 40.3 Å². The third-order valence-corrected chi connectivity index (χ3v) is 5.99. The van der Waals surface area contributed by atoms with E-state index in [9.17, 15) is 9.59 Å². The molecule has 0 saturated carbocycles. The molecule has 2 aromatic heterocycles. The summed E-state index contributed by atoms with van der Waals surface area (Å²) in [5, 5.41) is 11.7. The second-order valence-electron chi connectivity index (χ2n) is 7.13. The quantitative estimate of drug-likeness (QED) is 0.822. The number of thiophene rings is 1. The van der Waals surface area contributed by atoms with E-state index in [1.165, 1.54) is 11.3 Å². The fourth-order valence-electron chi connectivity index (χ4n) is 3.77. The highest BCUT2D eigenvalue weighted by atomic mass is 35.5. The average Bonchev–Trinajstić information content (AvgIpc) is 3.36. The van der Waals surface area contributed by atoms with E-state index < -0.39 is 0 Å². The van der Waals surface area contributed by atoms with Crippen LogP contribution in [0, 0.1) is 0 Å². The van der Waals surface area contributed by atoms with Crippen LogP contribution in [0.15, 0.2) is 29.1 Å². The number of hydrogen-bond donors (Lipinski definition) is 1. The highest BCUT2D eigenvalue weighted by Crippen LogP contribution is 2.17. The Labute approximate surface area is 175 Å². The van der Waals surface area contributed by atoms with Crippen LogP contribution in [0.1, 0.15) is 46.2 Å². The lowest BCUT2D eigenvalue weighted by atomic mass is 10.1. The number of piperidine rings is 1. The minimum Gasteiger partial charge on any atom is -0.337 e. The summed E-state index contributed by atoms with van der Waals surface area (Å²) in [6, 6.07) is 3.99. The van der Waals surface area contributed by atoms with E-state index in [0.717, 1.165) is 37.9 Å². The summed E-state index contributed by atoms with van der Waals surface area (Å²) in [6.07, 6.45) is 4.92. The van der Waals surface area contributed by atoms with Gasteiger partial charge in [-0.3, -0.25) is 14.3 Å². The molecule has 2 fully saturated rings. The number of hydrogen-bond acceptors (Lipinski definition) is 5. The van der Waals surface area contributed by atoms with Crippen molar-refractivity contribution < 1.29 is 9.59 Å². The van der Waals surface area contributed by atoms with E-state index in [0.29, 0.717) is 37.9 Å². The van der Waals surface area contributed by atoms with Crippen LogP contribution in [0.4, 0.5) is 0 Å². The summed E-state index contributed by atoms with van der Waals surface area (Å²) in [5.74, 6) is 0.0157. The van der Waals surface area contributed by atoms with Crippen molar-refractivity contribution in [1.82, 2.24) is 24.9 Å². The molecule has 2 amide bonds. The Morgan fingerprint density at radius 2 is 1.86 bits per heavy atom. The summed E-state index contributed by atoms with van der Waals surface area (Å²) < 4.78 is 1.92. The Hall–Kier alpha value is -1.90. The molecule has 4 heterocycles. The predicted octanol–water partition coefficient (Wildman–Crippen LogP) is 2.28. The van der Waals surface area contributed by atoms with Crippen molar-refractivity contribution in [3.8, 4) is 0 Å². The molecule has 9 heteroatoms. The Morgan fingerprint density at radius 1 is 1.07 bits per heavy atom. The first kappa shape index (κ1) is 20.8. The summed E-state index contributed by atoms with van der Waals surface area (Å²) >= 11 is 1.53. The van der Waals surface area contributed by atoms with Crippen LogP contribution in [0.5, 0.6) is 0 Å². The van der Waals surface area contributed by atoms with Gasteiger partial charge < -0.3 is 15.1 Å². The summed E-state index contributed by atoms with van der Waals surface area (Å²) in [7, 11) is 0. The van der Waals surface area contributed by atoms with Gasteiger partial charge in [0.2, 0.25) is 0 Å². The van der Waals surface area contributed by atoms with Crippen LogP contribution in [0.25, 0.3) is 0 Å². The van der Waals surface area contributed by atoms with Crippen LogP contribution in [-0.2, 0) is 0 Å². The van der Waals surface area contributed by atoms with Gasteiger partial charge in [0.05, 0.1) is 11.6 Å². The highest BCUT2D eigenvalue weighted by molar-refractivity contribution is 7.08. The number of nitrogens with zero attached hydrogens (tertiary/aromatic N) is 4. The van der Waals surface area contributed by atoms with Crippen molar-refractivity contribution in [2.75, 3.05) is 39.3 Å². The standard InChI is InChI=1S/C19H25N5O2S.ClH/c25-18(15-5-12-27-14-15)22-7-2-8-23(11-10-22)19(26)17-4-9-24(21-17)16-3-1-6-20-13-16;/h4-5,9,12,14,16,20H,1-3,6-8,10-11,13H2;1H. The van der Waals surface area contributed by atoms with Crippen LogP contribution >= 0.6 is 23.7 Å². The van der Waals surface area contributed by atoms with Gasteiger partial charge in [0.1, 0.15) is 5.69 Å². The van der Waals surface area contributed by atoms with Gasteiger partial charge in [0.15, 0.2) is 0 Å². The molecule has 152 valence electrons. The molecule has 0 aliphatic carbocycles. The highest BCUT2D eigenvalue weighted by Gasteiger charge is 2.25. The van der Waals surface area contributed by atoms with Crippen LogP contribution in [0.3, 0.4) is 0 Å². The number of halogens is 1. The van der Waals surface area contributed by atoms with E-state index >= 15 is 0 Å². The Morgan fingerprint density at radius 3 is 2.54 bits per heavy atom. The first-order valence-electron chi connectivity index (χ1n) is 9.59. The molecular formula is C19H26ClN5O2S. The van der Waals surface area contributed by atoms with E-state index in [1.807, 2.05) is 43.6 Å². The average molecular weight is 424 g/mol. The van der Waals surface area contributed by atoms with E-state index in [2.05, 4.69) is 10.4 Å². The number of carbonyl (C=O) groups excluding carboxylic acids is 2. The third kappa shape index (κ3) is 4.56. The number of rotatable bonds is 3. The summed E-state index contributed by atoms with van der Waals surface area (Å²) in [6.45, 7) is 4.40. The molecule has 1 N–H and O–H groups in total. The number of carbonyl (C=O) groups is 2. The third-order valence-electron chi connectivity index (χ3n) is 5.31. The zero-order valence-electron chi connectivity index (χ0n) is 15.7. The Bertz CT molecular complexity index is 788. The maximum absolute atomic E-state index is 12.9. The van der Waals surface area contributed by atoms with Crippen molar-refractivity contribution >= 4 is 35.6 Å². The van der Waals surface area contributed by atoms with Crippen LogP contribution < -0.4 is 5.32 Å². The maximum atomic E-state index is 12.9. The monoisotopic (exact) mass is 423 g/mol. The normalized spacial score (nSPS) is 20.4. The minimum absolute atomic E-state index is 0. The zero-order chi connectivity index (χ0) is 18.6. The van der Waals surface area contributed by atoms with Gasteiger partial charge in [-0.25, -0.2) is 0 Å². The number of nitrogens with one attached hydrogen (secondary N) is 1. The van der Waals surface area contributed by atoms with Crippen LogP contribution in [-0.4, -0.2) is 70.7 Å². The van der Waals surface area contributed by atoms with Gasteiger partial charge in [-0.05, 0) is 43.3 Å². The maximum Gasteiger partial charge on any atom is 0.274 e. The van der Waals surface area contributed by atoms with Gasteiger partial charge in [-0.1, -0.05) is 0 Å². The zero-order valence-corrected chi connectivity index (χ0v) is 17.4. The second kappa shape index (κ2) is 9.54. The molecule has 2 saturated heterocycles. The molecule has 0 aromatic carbocycles. The number of aromatic nitrogens is 2. The molecule has 1 unspecified atom stereocenters. The topological polar surface area (TPSA) is 70.5 Å². The fraction of sp³-hybridized carbons (Fsp3) is 0.526. The van der Waals surface area contributed by atoms with Crippen molar-refractivity contribution in [1.29, 1.82) is 0 Å². The largest absolute Gasteiger partial charge is 0.337 e. The Kier molecular flexibility index (Phi) is 7.09. The van der Waals surface area contributed by atoms with Gasteiger partial charge in [0.25, 0.3) is 11.8 Å². The SMILES string of the molecule is Cl.O=C(c1ccsc1)N1CCCN(C(=O)c2ccn(C3CCCNC3)n2)CC1. The molecule has 0 bridgehead atoms. The molecule has 7 nitrogen and oxygen atoms in total. The molecule has 2 aliphatic rings. The molecule has 28 heavy (non-hydrogen) atoms. The Balaban J connectivity index is 0.00000225. The fourth-order valence-corrected chi connectivity index (χ4v) is 4.40. The molecule has 0 spiro atoms. The van der Waals surface area contributed by atoms with Crippen LogP contribution in [0.2, 0.25) is 0 Å². The van der Waals surface area contributed by atoms with Crippen molar-refractivity contribution in [2.45, 2.75) is 25.3 Å². The molecule has 0 radical (unpaired) electrons. The lowest BCUT2D eigenvalue weighted by Crippen LogP contribution is -2.37. The van der Waals surface area contributed by atoms with Crippen molar-refractivity contribution in [2.24, 2.45) is 0 Å². The van der Waals surface area contributed by atoms with Gasteiger partial charge in [-0.15, -0.1) is 12.4 Å². The second-order valence-corrected chi connectivity index (χ2v) is 7.91. The summed E-state index contributed by atoms with van der Waals surface area (Å²) in [4.78, 5) is 29.1. The van der Waals surface area contributed by atoms with Gasteiger partial charge >= 0.3 is 0 Å². The van der Waals surface area contributed by atoms with Crippen molar-refractivity contribution in [3.63, 3.8) is 0 Å². The lowest BCUT2D eigenvalue weighted by molar-refractivity contribution is 0.0715. The molecule has 1 atom stereocenters. The van der Waals surface area contributed by atoms with E-state index in [4.69, 9.17) is 0 Å². The lowest BCUT2D eigenvalue weighted by Gasteiger charge is -2.23. The van der Waals surface area contributed by atoms with E-state index in [1.54, 1.807) is 0 Å². The molecule has 2 aliphatic heterocycles. The molecule has 2 aromatic rings. The van der Waals surface area contributed by atoms with E-state index in [-0.39, 0.29) is 24.2 Å². The summed E-state index contributed by atoms with van der Waals surface area (Å²) in [5.41, 5.74) is 1.23. The predicted molar refractivity (Wildman–Crippen MR) is 111 cm³/mol. The van der Waals surface area contributed by atoms with Gasteiger partial charge in [0, 0.05) is 44.3 Å². The molecular weight excluding hydrogens is 398 g/mol.